The Morgan fingerprint density at radius 3 is 2.92 bits per heavy atom. The van der Waals surface area contributed by atoms with E-state index < -0.39 is 12.6 Å². The van der Waals surface area contributed by atoms with Gasteiger partial charge in [0.2, 0.25) is 0 Å². The van der Waals surface area contributed by atoms with Gasteiger partial charge in [-0.1, -0.05) is 18.2 Å². The molecular weight excluding hydrogens is 338 g/mol. The summed E-state index contributed by atoms with van der Waals surface area (Å²) < 4.78 is 4.96. The standard InChI is InChI=1S/C18H13N3O3S/c19-10-13(18-20-14-5-1-2-6-15(14)21-18)16(22)11-24-17(23)8-7-12-4-3-9-25-12/h1-9,22H,11H2,(H,20,21)/b8-7+,16-13-. The maximum absolute atomic E-state index is 11.7. The van der Waals surface area contributed by atoms with E-state index in [0.717, 1.165) is 10.4 Å². The summed E-state index contributed by atoms with van der Waals surface area (Å²) in [7, 11) is 0. The highest BCUT2D eigenvalue weighted by Crippen LogP contribution is 2.18. The van der Waals surface area contributed by atoms with E-state index in [1.165, 1.54) is 17.4 Å². The van der Waals surface area contributed by atoms with Crippen LogP contribution in [0.2, 0.25) is 0 Å². The van der Waals surface area contributed by atoms with Crippen LogP contribution in [0.4, 0.5) is 0 Å². The van der Waals surface area contributed by atoms with Crippen molar-refractivity contribution in [1.29, 1.82) is 5.26 Å². The summed E-state index contributed by atoms with van der Waals surface area (Å²) in [5.74, 6) is -0.743. The highest BCUT2D eigenvalue weighted by molar-refractivity contribution is 7.10. The third-order valence-electron chi connectivity index (χ3n) is 3.30. The second-order valence-electron chi connectivity index (χ2n) is 4.99. The fourth-order valence-corrected chi connectivity index (χ4v) is 2.74. The number of hydrogen-bond donors (Lipinski definition) is 2. The van der Waals surface area contributed by atoms with E-state index in [0.29, 0.717) is 5.52 Å². The van der Waals surface area contributed by atoms with Crippen molar-refractivity contribution in [3.05, 3.63) is 64.3 Å². The van der Waals surface area contributed by atoms with Gasteiger partial charge in [-0.2, -0.15) is 5.26 Å². The fraction of sp³-hybridized carbons (Fsp3) is 0.0556. The number of hydrogen-bond acceptors (Lipinski definition) is 6. The predicted octanol–water partition coefficient (Wildman–Crippen LogP) is 3.67. The number of imidazole rings is 1. The van der Waals surface area contributed by atoms with Crippen molar-refractivity contribution in [2.45, 2.75) is 0 Å². The Morgan fingerprint density at radius 2 is 2.20 bits per heavy atom. The van der Waals surface area contributed by atoms with E-state index in [4.69, 9.17) is 4.74 Å². The molecular formula is C18H13N3O3S. The number of aliphatic hydroxyl groups is 1. The number of nitrogens with zero attached hydrogens (tertiary/aromatic N) is 2. The molecule has 0 atom stereocenters. The number of ether oxygens (including phenoxy) is 1. The molecule has 7 heteroatoms. The van der Waals surface area contributed by atoms with Gasteiger partial charge in [-0.15, -0.1) is 11.3 Å². The molecule has 1 aromatic carbocycles. The zero-order chi connectivity index (χ0) is 17.6. The Morgan fingerprint density at radius 1 is 1.36 bits per heavy atom. The average Bonchev–Trinajstić information content (AvgIpc) is 3.28. The molecule has 0 aliphatic rings. The quantitative estimate of drug-likeness (QED) is 0.316. The number of aromatic nitrogens is 2. The van der Waals surface area contributed by atoms with Crippen LogP contribution in [0.15, 0.2) is 53.6 Å². The topological polar surface area (TPSA) is 99.0 Å². The molecule has 0 radical (unpaired) electrons. The summed E-state index contributed by atoms with van der Waals surface area (Å²) in [5.41, 5.74) is 1.36. The molecule has 2 N–H and O–H groups in total. The minimum absolute atomic E-state index is 0.0637. The molecule has 0 aliphatic heterocycles. The number of nitrogens with one attached hydrogen (secondary N) is 1. The summed E-state index contributed by atoms with van der Waals surface area (Å²) in [6.07, 6.45) is 2.89. The molecule has 124 valence electrons. The fourth-order valence-electron chi connectivity index (χ4n) is 2.12. The van der Waals surface area contributed by atoms with Crippen molar-refractivity contribution in [3.8, 4) is 6.07 Å². The number of carbonyl (C=O) groups excluding carboxylic acids is 1. The Hall–Kier alpha value is -3.37. The Kier molecular flexibility index (Phi) is 4.92. The summed E-state index contributed by atoms with van der Waals surface area (Å²) in [6, 6.07) is 12.9. The summed E-state index contributed by atoms with van der Waals surface area (Å²) in [6.45, 7) is -0.409. The van der Waals surface area contributed by atoms with Crippen molar-refractivity contribution in [2.24, 2.45) is 0 Å². The summed E-state index contributed by atoms with van der Waals surface area (Å²) in [4.78, 5) is 19.8. The van der Waals surface area contributed by atoms with E-state index >= 15 is 0 Å². The van der Waals surface area contributed by atoms with Gasteiger partial charge < -0.3 is 14.8 Å². The van der Waals surface area contributed by atoms with Crippen LogP contribution in [0.25, 0.3) is 22.7 Å². The minimum Gasteiger partial charge on any atom is -0.507 e. The minimum atomic E-state index is -0.609. The van der Waals surface area contributed by atoms with Crippen LogP contribution in [0.5, 0.6) is 0 Å². The van der Waals surface area contributed by atoms with Gasteiger partial charge in [0.25, 0.3) is 0 Å². The average molecular weight is 351 g/mol. The van der Waals surface area contributed by atoms with Crippen LogP contribution in [0, 0.1) is 11.3 Å². The number of thiophene rings is 1. The van der Waals surface area contributed by atoms with Gasteiger partial charge in [-0.05, 0) is 29.7 Å². The Balaban J connectivity index is 1.71. The smallest absolute Gasteiger partial charge is 0.331 e. The lowest BCUT2D eigenvalue weighted by Crippen LogP contribution is -2.06. The van der Waals surface area contributed by atoms with Crippen molar-refractivity contribution in [2.75, 3.05) is 6.61 Å². The number of benzene rings is 1. The third kappa shape index (κ3) is 3.94. The lowest BCUT2D eigenvalue weighted by molar-refractivity contribution is -0.137. The van der Waals surface area contributed by atoms with E-state index in [9.17, 15) is 15.2 Å². The van der Waals surface area contributed by atoms with Crippen LogP contribution >= 0.6 is 11.3 Å². The van der Waals surface area contributed by atoms with Gasteiger partial charge in [0, 0.05) is 11.0 Å². The molecule has 0 unspecified atom stereocenters. The molecule has 2 aromatic heterocycles. The van der Waals surface area contributed by atoms with Gasteiger partial charge >= 0.3 is 5.97 Å². The van der Waals surface area contributed by atoms with Gasteiger partial charge in [0.05, 0.1) is 11.0 Å². The molecule has 0 bridgehead atoms. The number of fused-ring (bicyclic) bond motifs is 1. The number of carbonyl (C=O) groups is 1. The number of rotatable bonds is 5. The van der Waals surface area contributed by atoms with Crippen molar-refractivity contribution < 1.29 is 14.6 Å². The molecule has 0 aliphatic carbocycles. The molecule has 3 rings (SSSR count). The van der Waals surface area contributed by atoms with Crippen molar-refractivity contribution >= 4 is 40.0 Å². The molecule has 6 nitrogen and oxygen atoms in total. The number of nitriles is 1. The number of para-hydroxylation sites is 2. The van der Waals surface area contributed by atoms with Crippen LogP contribution < -0.4 is 0 Å². The normalized spacial score (nSPS) is 12.1. The highest BCUT2D eigenvalue weighted by Gasteiger charge is 2.14. The maximum Gasteiger partial charge on any atom is 0.331 e. The first-order valence-electron chi connectivity index (χ1n) is 7.33. The van der Waals surface area contributed by atoms with Gasteiger partial charge in [0.15, 0.2) is 11.6 Å². The number of esters is 1. The molecule has 2 heterocycles. The second kappa shape index (κ2) is 7.47. The summed E-state index contributed by atoms with van der Waals surface area (Å²) >= 11 is 1.49. The molecule has 25 heavy (non-hydrogen) atoms. The summed E-state index contributed by atoms with van der Waals surface area (Å²) in [5, 5.41) is 21.3. The number of aliphatic hydroxyl groups excluding tert-OH is 1. The molecule has 3 aromatic rings. The zero-order valence-corrected chi connectivity index (χ0v) is 13.8. The first-order valence-corrected chi connectivity index (χ1v) is 8.21. The van der Waals surface area contributed by atoms with Gasteiger partial charge in [-0.25, -0.2) is 9.78 Å². The van der Waals surface area contributed by atoms with Crippen LogP contribution in [0.3, 0.4) is 0 Å². The second-order valence-corrected chi connectivity index (χ2v) is 5.97. The van der Waals surface area contributed by atoms with E-state index in [1.54, 1.807) is 12.1 Å². The SMILES string of the molecule is N#C/C(=C(/O)COC(=O)/C=C/c1cccs1)c1nc2ccccc2[nH]1. The molecule has 0 saturated carbocycles. The number of allylic oxidation sites excluding steroid dienone is 1. The molecule has 0 spiro atoms. The Labute approximate surface area is 147 Å². The van der Waals surface area contributed by atoms with E-state index in [-0.39, 0.29) is 17.2 Å². The highest BCUT2D eigenvalue weighted by atomic mass is 32.1. The molecule has 0 amide bonds. The van der Waals surface area contributed by atoms with E-state index in [1.807, 2.05) is 41.8 Å². The lowest BCUT2D eigenvalue weighted by Gasteiger charge is -2.03. The maximum atomic E-state index is 11.7. The van der Waals surface area contributed by atoms with Crippen molar-refractivity contribution in [3.63, 3.8) is 0 Å². The van der Waals surface area contributed by atoms with Gasteiger partial charge in [-0.3, -0.25) is 0 Å². The number of H-pyrrole nitrogens is 1. The number of aromatic amines is 1. The van der Waals surface area contributed by atoms with Crippen LogP contribution in [0.1, 0.15) is 10.7 Å². The third-order valence-corrected chi connectivity index (χ3v) is 4.14. The largest absolute Gasteiger partial charge is 0.507 e. The van der Waals surface area contributed by atoms with Crippen molar-refractivity contribution in [1.82, 2.24) is 9.97 Å². The van der Waals surface area contributed by atoms with Gasteiger partial charge in [0.1, 0.15) is 18.2 Å². The molecule has 0 fully saturated rings. The molecule has 0 saturated heterocycles. The first-order chi connectivity index (χ1) is 12.2. The first kappa shape index (κ1) is 16.5. The lowest BCUT2D eigenvalue weighted by atomic mass is 10.2. The monoisotopic (exact) mass is 351 g/mol. The van der Waals surface area contributed by atoms with E-state index in [2.05, 4.69) is 9.97 Å². The zero-order valence-electron chi connectivity index (χ0n) is 13.0. The van der Waals surface area contributed by atoms with Crippen LogP contribution in [-0.4, -0.2) is 27.7 Å². The Bertz CT molecular complexity index is 961. The predicted molar refractivity (Wildman–Crippen MR) is 95.6 cm³/mol. The van der Waals surface area contributed by atoms with Crippen LogP contribution in [-0.2, 0) is 9.53 Å².